The first kappa shape index (κ1) is 14.9. The van der Waals surface area contributed by atoms with Gasteiger partial charge in [0.05, 0.1) is 0 Å². The fourth-order valence-electron chi connectivity index (χ4n) is 3.65. The van der Waals surface area contributed by atoms with E-state index in [4.69, 9.17) is 5.73 Å². The monoisotopic (exact) mass is 287 g/mol. The van der Waals surface area contributed by atoms with Gasteiger partial charge in [0, 0.05) is 49.4 Å². The van der Waals surface area contributed by atoms with Gasteiger partial charge in [0.15, 0.2) is 0 Å². The van der Waals surface area contributed by atoms with Crippen molar-refractivity contribution >= 4 is 5.69 Å². The summed E-state index contributed by atoms with van der Waals surface area (Å²) < 4.78 is 0. The number of hydrogen-bond acceptors (Lipinski definition) is 3. The standard InChI is InChI=1S/C18H29N3/c1-14(2)20-9-11-21(12-10-20)17-6-4-5-16(13-17)18(7-8-18)15(3)19/h4-6,13-15H,7-12,19H2,1-3H3. The predicted octanol–water partition coefficient (Wildman–Crippen LogP) is 2.60. The molecule has 21 heavy (non-hydrogen) atoms. The van der Waals surface area contributed by atoms with Gasteiger partial charge in [-0.3, -0.25) is 4.90 Å². The van der Waals surface area contributed by atoms with Crippen molar-refractivity contribution in [3.05, 3.63) is 29.8 Å². The first-order valence-corrected chi connectivity index (χ1v) is 8.38. The highest BCUT2D eigenvalue weighted by Gasteiger charge is 2.47. The highest BCUT2D eigenvalue weighted by Crippen LogP contribution is 2.50. The van der Waals surface area contributed by atoms with Gasteiger partial charge >= 0.3 is 0 Å². The molecule has 116 valence electrons. The average Bonchev–Trinajstić information content (AvgIpc) is 3.29. The van der Waals surface area contributed by atoms with Crippen molar-refractivity contribution in [2.45, 2.75) is 51.1 Å². The van der Waals surface area contributed by atoms with Crippen LogP contribution in [0.3, 0.4) is 0 Å². The van der Waals surface area contributed by atoms with E-state index in [2.05, 4.69) is 54.8 Å². The molecule has 3 heteroatoms. The molecule has 0 aromatic heterocycles. The Morgan fingerprint density at radius 2 is 1.71 bits per heavy atom. The van der Waals surface area contributed by atoms with Crippen molar-refractivity contribution in [2.24, 2.45) is 5.73 Å². The molecule has 2 aliphatic rings. The molecule has 0 spiro atoms. The molecule has 1 atom stereocenters. The Bertz CT molecular complexity index is 483. The molecule has 3 nitrogen and oxygen atoms in total. The van der Waals surface area contributed by atoms with E-state index in [-0.39, 0.29) is 11.5 Å². The van der Waals surface area contributed by atoms with E-state index >= 15 is 0 Å². The van der Waals surface area contributed by atoms with Crippen molar-refractivity contribution in [1.82, 2.24) is 4.90 Å². The van der Waals surface area contributed by atoms with E-state index in [0.29, 0.717) is 6.04 Å². The summed E-state index contributed by atoms with van der Waals surface area (Å²) in [6.07, 6.45) is 2.49. The molecule has 0 amide bonds. The van der Waals surface area contributed by atoms with Crippen LogP contribution in [0.25, 0.3) is 0 Å². The molecule has 1 saturated carbocycles. The number of nitrogens with two attached hydrogens (primary N) is 1. The zero-order valence-corrected chi connectivity index (χ0v) is 13.7. The third kappa shape index (κ3) is 2.82. The van der Waals surface area contributed by atoms with Gasteiger partial charge in [-0.25, -0.2) is 0 Å². The lowest BCUT2D eigenvalue weighted by Crippen LogP contribution is -2.49. The van der Waals surface area contributed by atoms with Gasteiger partial charge in [0.25, 0.3) is 0 Å². The van der Waals surface area contributed by atoms with Gasteiger partial charge in [-0.15, -0.1) is 0 Å². The maximum atomic E-state index is 6.22. The van der Waals surface area contributed by atoms with Gasteiger partial charge < -0.3 is 10.6 Å². The number of rotatable bonds is 4. The largest absolute Gasteiger partial charge is 0.369 e. The molecule has 1 unspecified atom stereocenters. The number of piperazine rings is 1. The van der Waals surface area contributed by atoms with Gasteiger partial charge in [0.1, 0.15) is 0 Å². The molecule has 0 bridgehead atoms. The number of hydrogen-bond donors (Lipinski definition) is 1. The maximum absolute atomic E-state index is 6.22. The number of anilines is 1. The van der Waals surface area contributed by atoms with E-state index in [9.17, 15) is 0 Å². The lowest BCUT2D eigenvalue weighted by atomic mass is 9.89. The Labute approximate surface area is 129 Å². The minimum Gasteiger partial charge on any atom is -0.369 e. The lowest BCUT2D eigenvalue weighted by Gasteiger charge is -2.38. The molecule has 3 rings (SSSR count). The maximum Gasteiger partial charge on any atom is 0.0370 e. The van der Waals surface area contributed by atoms with Crippen LogP contribution in [-0.4, -0.2) is 43.2 Å². The minimum atomic E-state index is 0.255. The molecule has 1 aromatic rings. The second-order valence-corrected chi connectivity index (χ2v) is 7.11. The number of nitrogens with zero attached hydrogens (tertiary/aromatic N) is 2. The van der Waals surface area contributed by atoms with Crippen LogP contribution in [0.4, 0.5) is 5.69 Å². The molecular weight excluding hydrogens is 258 g/mol. The average molecular weight is 287 g/mol. The molecular formula is C18H29N3. The summed E-state index contributed by atoms with van der Waals surface area (Å²) in [5, 5.41) is 0. The summed E-state index contributed by atoms with van der Waals surface area (Å²) >= 11 is 0. The Morgan fingerprint density at radius 3 is 2.24 bits per heavy atom. The summed E-state index contributed by atoms with van der Waals surface area (Å²) in [6, 6.07) is 10.0. The second kappa shape index (κ2) is 5.62. The van der Waals surface area contributed by atoms with Crippen LogP contribution in [-0.2, 0) is 5.41 Å². The smallest absolute Gasteiger partial charge is 0.0370 e. The van der Waals surface area contributed by atoms with Crippen LogP contribution >= 0.6 is 0 Å². The summed E-state index contributed by atoms with van der Waals surface area (Å²) in [4.78, 5) is 5.09. The third-order valence-electron chi connectivity index (χ3n) is 5.49. The molecule has 1 heterocycles. The summed E-state index contributed by atoms with van der Waals surface area (Å²) in [7, 11) is 0. The fourth-order valence-corrected chi connectivity index (χ4v) is 3.65. The highest BCUT2D eigenvalue weighted by atomic mass is 15.3. The molecule has 0 radical (unpaired) electrons. The molecule has 1 saturated heterocycles. The van der Waals surface area contributed by atoms with Gasteiger partial charge in [-0.05, 0) is 51.3 Å². The Hall–Kier alpha value is -1.06. The molecule has 1 aromatic carbocycles. The van der Waals surface area contributed by atoms with Crippen LogP contribution in [0.5, 0.6) is 0 Å². The van der Waals surface area contributed by atoms with E-state index < -0.39 is 0 Å². The topological polar surface area (TPSA) is 32.5 Å². The van der Waals surface area contributed by atoms with Crippen LogP contribution < -0.4 is 10.6 Å². The highest BCUT2D eigenvalue weighted by molar-refractivity contribution is 5.52. The Balaban J connectivity index is 1.73. The van der Waals surface area contributed by atoms with Gasteiger partial charge in [-0.2, -0.15) is 0 Å². The van der Waals surface area contributed by atoms with Crippen molar-refractivity contribution < 1.29 is 0 Å². The van der Waals surface area contributed by atoms with Crippen molar-refractivity contribution in [1.29, 1.82) is 0 Å². The van der Waals surface area contributed by atoms with E-state index in [1.807, 2.05) is 0 Å². The first-order chi connectivity index (χ1) is 10.0. The molecule has 2 N–H and O–H groups in total. The normalized spacial score (nSPS) is 23.4. The quantitative estimate of drug-likeness (QED) is 0.924. The van der Waals surface area contributed by atoms with Crippen molar-refractivity contribution in [3.63, 3.8) is 0 Å². The lowest BCUT2D eigenvalue weighted by molar-refractivity contribution is 0.209. The van der Waals surface area contributed by atoms with Gasteiger partial charge in [-0.1, -0.05) is 12.1 Å². The van der Waals surface area contributed by atoms with Crippen LogP contribution in [0.15, 0.2) is 24.3 Å². The second-order valence-electron chi connectivity index (χ2n) is 7.11. The van der Waals surface area contributed by atoms with Crippen LogP contribution in [0.2, 0.25) is 0 Å². The zero-order valence-electron chi connectivity index (χ0n) is 13.7. The summed E-state index contributed by atoms with van der Waals surface area (Å²) in [6.45, 7) is 11.3. The zero-order chi connectivity index (χ0) is 15.0. The van der Waals surface area contributed by atoms with E-state index in [1.165, 1.54) is 37.2 Å². The van der Waals surface area contributed by atoms with E-state index in [0.717, 1.165) is 13.1 Å². The predicted molar refractivity (Wildman–Crippen MR) is 89.9 cm³/mol. The molecule has 1 aliphatic heterocycles. The first-order valence-electron chi connectivity index (χ1n) is 8.38. The number of benzene rings is 1. The fraction of sp³-hybridized carbons (Fsp3) is 0.667. The molecule has 2 fully saturated rings. The van der Waals surface area contributed by atoms with Gasteiger partial charge in [0.2, 0.25) is 0 Å². The summed E-state index contributed by atoms with van der Waals surface area (Å²) in [5.74, 6) is 0. The van der Waals surface area contributed by atoms with Crippen molar-refractivity contribution in [2.75, 3.05) is 31.1 Å². The Morgan fingerprint density at radius 1 is 1.05 bits per heavy atom. The SMILES string of the molecule is CC(C)N1CCN(c2cccc(C3(C(C)N)CC3)c2)CC1. The van der Waals surface area contributed by atoms with Crippen LogP contribution in [0, 0.1) is 0 Å². The summed E-state index contributed by atoms with van der Waals surface area (Å²) in [5.41, 5.74) is 9.31. The van der Waals surface area contributed by atoms with Crippen molar-refractivity contribution in [3.8, 4) is 0 Å². The Kier molecular flexibility index (Phi) is 3.98. The van der Waals surface area contributed by atoms with E-state index in [1.54, 1.807) is 0 Å². The third-order valence-corrected chi connectivity index (χ3v) is 5.49. The van der Waals surface area contributed by atoms with Crippen LogP contribution in [0.1, 0.15) is 39.2 Å². The minimum absolute atomic E-state index is 0.255. The molecule has 1 aliphatic carbocycles.